The van der Waals surface area contributed by atoms with Gasteiger partial charge in [0.05, 0.1) is 0 Å². The Hall–Kier alpha value is -4.45. The van der Waals surface area contributed by atoms with E-state index in [1.54, 1.807) is 0 Å². The van der Waals surface area contributed by atoms with Crippen LogP contribution >= 0.6 is 0 Å². The molecule has 0 radical (unpaired) electrons. The van der Waals surface area contributed by atoms with Crippen LogP contribution in [-0.2, 0) is 28.6 Å². The lowest BCUT2D eigenvalue weighted by Gasteiger charge is -2.18. The highest BCUT2D eigenvalue weighted by Gasteiger charge is 2.19. The van der Waals surface area contributed by atoms with Crippen LogP contribution in [0.3, 0.4) is 0 Å². The van der Waals surface area contributed by atoms with Crippen molar-refractivity contribution in [1.82, 2.24) is 0 Å². The smallest absolute Gasteiger partial charge is 0.306 e. The molecule has 0 saturated heterocycles. The summed E-state index contributed by atoms with van der Waals surface area (Å²) in [6, 6.07) is 0. The van der Waals surface area contributed by atoms with Gasteiger partial charge in [0.25, 0.3) is 0 Å². The van der Waals surface area contributed by atoms with Gasteiger partial charge in [-0.3, -0.25) is 14.4 Å². The summed E-state index contributed by atoms with van der Waals surface area (Å²) in [5.41, 5.74) is 0. The summed E-state index contributed by atoms with van der Waals surface area (Å²) < 4.78 is 16.8. The summed E-state index contributed by atoms with van der Waals surface area (Å²) in [6.45, 7) is 6.40. The molecule has 0 heterocycles. The first-order valence-electron chi connectivity index (χ1n) is 29.7. The van der Waals surface area contributed by atoms with Crippen molar-refractivity contribution in [2.75, 3.05) is 13.2 Å². The van der Waals surface area contributed by atoms with Crippen LogP contribution in [0.15, 0.2) is 134 Å². The zero-order valence-electron chi connectivity index (χ0n) is 47.1. The van der Waals surface area contributed by atoms with E-state index < -0.39 is 6.10 Å². The van der Waals surface area contributed by atoms with Gasteiger partial charge in [-0.1, -0.05) is 238 Å². The van der Waals surface area contributed by atoms with Crippen molar-refractivity contribution in [2.24, 2.45) is 0 Å². The van der Waals surface area contributed by atoms with Gasteiger partial charge in [-0.2, -0.15) is 0 Å². The molecule has 0 N–H and O–H groups in total. The van der Waals surface area contributed by atoms with Crippen LogP contribution in [0.5, 0.6) is 0 Å². The molecule has 6 heteroatoms. The number of hydrogen-bond donors (Lipinski definition) is 0. The number of allylic oxidation sites excluding steroid dienone is 22. The quantitative estimate of drug-likeness (QED) is 0.0261. The molecule has 0 aromatic carbocycles. The molecule has 0 spiro atoms. The van der Waals surface area contributed by atoms with Crippen LogP contribution in [0.25, 0.3) is 0 Å². The third-order valence-electron chi connectivity index (χ3n) is 12.1. The van der Waals surface area contributed by atoms with Crippen molar-refractivity contribution in [1.29, 1.82) is 0 Å². The summed E-state index contributed by atoms with van der Waals surface area (Å²) in [4.78, 5) is 38.2. The van der Waals surface area contributed by atoms with Crippen LogP contribution < -0.4 is 0 Å². The Bertz CT molecular complexity index is 1580. The molecular formula is C67H108O6. The van der Waals surface area contributed by atoms with E-state index in [0.29, 0.717) is 19.3 Å². The summed E-state index contributed by atoms with van der Waals surface area (Å²) >= 11 is 0. The lowest BCUT2D eigenvalue weighted by atomic mass is 10.1. The lowest BCUT2D eigenvalue weighted by Crippen LogP contribution is -2.30. The van der Waals surface area contributed by atoms with Gasteiger partial charge >= 0.3 is 17.9 Å². The Labute approximate surface area is 449 Å². The van der Waals surface area contributed by atoms with Crippen LogP contribution in [-0.4, -0.2) is 37.2 Å². The summed E-state index contributed by atoms with van der Waals surface area (Å²) in [7, 11) is 0. The number of unbranched alkanes of at least 4 members (excludes halogenated alkanes) is 19. The second-order valence-electron chi connectivity index (χ2n) is 19.2. The Morgan fingerprint density at radius 2 is 0.562 bits per heavy atom. The Balaban J connectivity index is 4.52. The molecule has 1 atom stereocenters. The standard InChI is InChI=1S/C67H108O6/c1-4-7-10-13-16-19-22-25-28-30-32-33-34-35-36-38-39-42-45-48-51-54-57-60-66(69)72-63-64(62-71-65(68)59-56-53-50-47-44-41-27-24-21-18-15-12-9-6-3)73-67(70)61-58-55-52-49-46-43-40-37-31-29-26-23-20-17-14-11-8-5-2/h7,10,15-16,18-20,23-25,27-29,31-33,35-36,39,42,48,51,64H,4-6,8-9,11-14,17,21-22,26,30,34,37-38,40-41,43-47,49-50,52-63H2,1-3H3/b10-7-,18-15-,19-16-,23-20-,27-24-,28-25-,31-29-,33-32-,36-35-,42-39-,51-48-. The van der Waals surface area contributed by atoms with Crippen molar-refractivity contribution >= 4 is 17.9 Å². The van der Waals surface area contributed by atoms with E-state index in [0.717, 1.165) is 128 Å². The molecule has 0 fully saturated rings. The molecule has 0 rings (SSSR count). The second kappa shape index (κ2) is 60.1. The van der Waals surface area contributed by atoms with Gasteiger partial charge in [0.15, 0.2) is 6.10 Å². The fourth-order valence-corrected chi connectivity index (χ4v) is 7.65. The highest BCUT2D eigenvalue weighted by atomic mass is 16.6. The van der Waals surface area contributed by atoms with E-state index >= 15 is 0 Å². The van der Waals surface area contributed by atoms with Gasteiger partial charge in [0.2, 0.25) is 0 Å². The average Bonchev–Trinajstić information content (AvgIpc) is 3.39. The Morgan fingerprint density at radius 1 is 0.288 bits per heavy atom. The molecule has 0 aromatic rings. The number of rotatable bonds is 52. The van der Waals surface area contributed by atoms with Crippen molar-refractivity contribution < 1.29 is 28.6 Å². The molecule has 0 amide bonds. The zero-order valence-corrected chi connectivity index (χ0v) is 47.1. The van der Waals surface area contributed by atoms with Gasteiger partial charge < -0.3 is 14.2 Å². The van der Waals surface area contributed by atoms with E-state index in [4.69, 9.17) is 14.2 Å². The van der Waals surface area contributed by atoms with Crippen LogP contribution in [0.1, 0.15) is 252 Å². The molecule has 0 saturated carbocycles. The maximum absolute atomic E-state index is 12.9. The van der Waals surface area contributed by atoms with Gasteiger partial charge in [-0.25, -0.2) is 0 Å². The van der Waals surface area contributed by atoms with Gasteiger partial charge in [-0.15, -0.1) is 0 Å². The van der Waals surface area contributed by atoms with Crippen molar-refractivity contribution in [2.45, 2.75) is 258 Å². The largest absolute Gasteiger partial charge is 0.462 e. The van der Waals surface area contributed by atoms with E-state index in [2.05, 4.69) is 154 Å². The van der Waals surface area contributed by atoms with E-state index in [-0.39, 0.29) is 37.5 Å². The first-order valence-corrected chi connectivity index (χ1v) is 29.7. The molecule has 0 bridgehead atoms. The summed E-state index contributed by atoms with van der Waals surface area (Å²) in [5, 5.41) is 0. The number of carbonyl (C=O) groups excluding carboxylic acids is 3. The van der Waals surface area contributed by atoms with Crippen LogP contribution in [0, 0.1) is 0 Å². The molecule has 412 valence electrons. The predicted octanol–water partition coefficient (Wildman–Crippen LogP) is 20.2. The minimum Gasteiger partial charge on any atom is -0.462 e. The molecule has 0 aliphatic rings. The first kappa shape index (κ1) is 68.6. The third kappa shape index (κ3) is 58.3. The molecule has 1 unspecified atom stereocenters. The van der Waals surface area contributed by atoms with E-state index in [9.17, 15) is 14.4 Å². The predicted molar refractivity (Wildman–Crippen MR) is 316 cm³/mol. The third-order valence-corrected chi connectivity index (χ3v) is 12.1. The van der Waals surface area contributed by atoms with Crippen molar-refractivity contribution in [3.05, 3.63) is 134 Å². The van der Waals surface area contributed by atoms with Crippen LogP contribution in [0.2, 0.25) is 0 Å². The molecular weight excluding hydrogens is 901 g/mol. The zero-order chi connectivity index (χ0) is 52.9. The lowest BCUT2D eigenvalue weighted by molar-refractivity contribution is -0.167. The second-order valence-corrected chi connectivity index (χ2v) is 19.2. The molecule has 73 heavy (non-hydrogen) atoms. The normalized spacial score (nSPS) is 13.1. The Kier molecular flexibility index (Phi) is 56.4. The fourth-order valence-electron chi connectivity index (χ4n) is 7.65. The topological polar surface area (TPSA) is 78.9 Å². The molecule has 6 nitrogen and oxygen atoms in total. The number of esters is 3. The minimum absolute atomic E-state index is 0.111. The van der Waals surface area contributed by atoms with Crippen molar-refractivity contribution in [3.63, 3.8) is 0 Å². The highest BCUT2D eigenvalue weighted by molar-refractivity contribution is 5.71. The SMILES string of the molecule is CC/C=C\C/C=C\C/C=C\C/C=C\C/C=C\C/C=C\C/C=C\CCCC(=O)OCC(COC(=O)CCCCCCC/C=C\C/C=C\CCCC)OC(=O)CCCCCCCCC/C=C\C/C=C\CCCCCC. The number of ether oxygens (including phenoxy) is 3. The van der Waals surface area contributed by atoms with Crippen molar-refractivity contribution in [3.8, 4) is 0 Å². The molecule has 0 aliphatic carbocycles. The summed E-state index contributed by atoms with van der Waals surface area (Å²) in [5.74, 6) is -0.996. The molecule has 0 aliphatic heterocycles. The summed E-state index contributed by atoms with van der Waals surface area (Å²) in [6.07, 6.45) is 84.4. The highest BCUT2D eigenvalue weighted by Crippen LogP contribution is 2.13. The fraction of sp³-hybridized carbons (Fsp3) is 0.627. The Morgan fingerprint density at radius 3 is 0.932 bits per heavy atom. The van der Waals surface area contributed by atoms with Crippen LogP contribution in [0.4, 0.5) is 0 Å². The minimum atomic E-state index is -0.817. The average molecular weight is 1010 g/mol. The number of carbonyl (C=O) groups is 3. The maximum atomic E-state index is 12.9. The number of hydrogen-bond acceptors (Lipinski definition) is 6. The van der Waals surface area contributed by atoms with E-state index in [1.807, 2.05) is 0 Å². The monoisotopic (exact) mass is 1010 g/mol. The van der Waals surface area contributed by atoms with E-state index in [1.165, 1.54) is 77.0 Å². The van der Waals surface area contributed by atoms with Gasteiger partial charge in [0, 0.05) is 19.3 Å². The van der Waals surface area contributed by atoms with Gasteiger partial charge in [-0.05, 0) is 128 Å². The first-order chi connectivity index (χ1) is 36.0. The van der Waals surface area contributed by atoms with Gasteiger partial charge in [0.1, 0.15) is 13.2 Å². The maximum Gasteiger partial charge on any atom is 0.306 e. The molecule has 0 aromatic heterocycles.